The first-order valence-corrected chi connectivity index (χ1v) is 8.48. The average Bonchev–Trinajstić information content (AvgIpc) is 2.48. The van der Waals surface area contributed by atoms with E-state index in [2.05, 4.69) is 56.4 Å². The fourth-order valence-corrected chi connectivity index (χ4v) is 3.75. The van der Waals surface area contributed by atoms with Gasteiger partial charge in [0.05, 0.1) is 0 Å². The quantitative estimate of drug-likeness (QED) is 0.794. The summed E-state index contributed by atoms with van der Waals surface area (Å²) < 4.78 is 0. The first-order valence-electron chi connectivity index (χ1n) is 8.48. The maximum Gasteiger partial charge on any atom is 0.0136 e. The van der Waals surface area contributed by atoms with Gasteiger partial charge in [-0.2, -0.15) is 0 Å². The summed E-state index contributed by atoms with van der Waals surface area (Å²) in [5, 5.41) is 3.74. The van der Waals surface area contributed by atoms with Crippen molar-refractivity contribution >= 4 is 0 Å². The van der Waals surface area contributed by atoms with Crippen molar-refractivity contribution in [1.29, 1.82) is 0 Å². The largest absolute Gasteiger partial charge is 0.314 e. The van der Waals surface area contributed by atoms with Crippen molar-refractivity contribution in [2.24, 2.45) is 17.8 Å². The molecule has 0 bridgehead atoms. The molecule has 0 aromatic heterocycles. The van der Waals surface area contributed by atoms with Gasteiger partial charge in [0.15, 0.2) is 0 Å². The molecular weight excluding hydrogens is 242 g/mol. The highest BCUT2D eigenvalue weighted by Crippen LogP contribution is 2.35. The third kappa shape index (κ3) is 4.34. The van der Waals surface area contributed by atoms with Crippen LogP contribution in [0.2, 0.25) is 0 Å². The number of nitrogens with one attached hydrogen (secondary N) is 1. The normalized spacial score (nSPS) is 24.8. The highest BCUT2D eigenvalue weighted by molar-refractivity contribution is 5.16. The van der Waals surface area contributed by atoms with Crippen LogP contribution >= 0.6 is 0 Å². The summed E-state index contributed by atoms with van der Waals surface area (Å²) in [7, 11) is 0. The molecule has 1 heteroatoms. The molecule has 0 heterocycles. The Hall–Kier alpha value is -0.820. The molecule has 1 atom stereocenters. The number of hydrogen-bond acceptors (Lipinski definition) is 1. The lowest BCUT2D eigenvalue weighted by Crippen LogP contribution is -2.40. The maximum absolute atomic E-state index is 3.74. The Bertz CT molecular complexity index is 363. The molecule has 1 nitrogen and oxygen atoms in total. The topological polar surface area (TPSA) is 12.0 Å². The summed E-state index contributed by atoms with van der Waals surface area (Å²) in [6.45, 7) is 8.09. The van der Waals surface area contributed by atoms with E-state index in [0.717, 1.165) is 24.3 Å². The van der Waals surface area contributed by atoms with Crippen LogP contribution in [0.3, 0.4) is 0 Å². The lowest BCUT2D eigenvalue weighted by Gasteiger charge is -2.36. The van der Waals surface area contributed by atoms with E-state index < -0.39 is 0 Å². The van der Waals surface area contributed by atoms with Gasteiger partial charge in [0.25, 0.3) is 0 Å². The second-order valence-corrected chi connectivity index (χ2v) is 6.77. The highest BCUT2D eigenvalue weighted by atomic mass is 14.9. The molecule has 2 rings (SSSR count). The van der Waals surface area contributed by atoms with Crippen LogP contribution in [0.1, 0.15) is 52.0 Å². The summed E-state index contributed by atoms with van der Waals surface area (Å²) in [5.41, 5.74) is 1.48. The fourth-order valence-electron chi connectivity index (χ4n) is 3.75. The first-order chi connectivity index (χ1) is 9.70. The van der Waals surface area contributed by atoms with E-state index in [0.29, 0.717) is 6.04 Å². The van der Waals surface area contributed by atoms with Crippen LogP contribution in [0.5, 0.6) is 0 Å². The van der Waals surface area contributed by atoms with E-state index in [1.54, 1.807) is 0 Å². The Morgan fingerprint density at radius 2 is 1.60 bits per heavy atom. The van der Waals surface area contributed by atoms with E-state index in [1.165, 1.54) is 37.7 Å². The zero-order valence-electron chi connectivity index (χ0n) is 13.4. The van der Waals surface area contributed by atoms with Crippen LogP contribution in [0.15, 0.2) is 30.3 Å². The highest BCUT2D eigenvalue weighted by Gasteiger charge is 2.28. The van der Waals surface area contributed by atoms with Crippen molar-refractivity contribution < 1.29 is 0 Å². The molecule has 1 aliphatic rings. The minimum atomic E-state index is 0.663. The van der Waals surface area contributed by atoms with Crippen LogP contribution in [0.25, 0.3) is 0 Å². The van der Waals surface area contributed by atoms with Gasteiger partial charge in [-0.1, -0.05) is 51.1 Å². The molecule has 0 radical (unpaired) electrons. The van der Waals surface area contributed by atoms with Gasteiger partial charge in [-0.3, -0.25) is 0 Å². The van der Waals surface area contributed by atoms with E-state index in [-0.39, 0.29) is 0 Å². The molecule has 1 aliphatic carbocycles. The molecule has 1 aromatic rings. The standard InChI is InChI=1S/C19H31N/c1-4-20-19(14-16-8-6-5-7-9-16)18-12-10-17(11-13-18)15(2)3/h5-9,15,17-20H,4,10-14H2,1-3H3. The van der Waals surface area contributed by atoms with E-state index in [4.69, 9.17) is 0 Å². The number of benzene rings is 1. The number of rotatable bonds is 6. The maximum atomic E-state index is 3.74. The Morgan fingerprint density at radius 3 is 2.15 bits per heavy atom. The lowest BCUT2D eigenvalue weighted by atomic mass is 9.73. The molecule has 1 saturated carbocycles. The van der Waals surface area contributed by atoms with Gasteiger partial charge < -0.3 is 5.32 Å². The fraction of sp³-hybridized carbons (Fsp3) is 0.684. The molecular formula is C19H31N. The van der Waals surface area contributed by atoms with Crippen molar-refractivity contribution in [3.63, 3.8) is 0 Å². The van der Waals surface area contributed by atoms with Gasteiger partial charge in [0, 0.05) is 6.04 Å². The molecule has 1 fully saturated rings. The zero-order valence-corrected chi connectivity index (χ0v) is 13.4. The van der Waals surface area contributed by atoms with Crippen LogP contribution in [-0.2, 0) is 6.42 Å². The van der Waals surface area contributed by atoms with E-state index in [9.17, 15) is 0 Å². The van der Waals surface area contributed by atoms with Crippen LogP contribution in [0, 0.1) is 17.8 Å². The Labute approximate surface area is 125 Å². The van der Waals surface area contributed by atoms with Crippen molar-refractivity contribution in [2.45, 2.75) is 58.9 Å². The SMILES string of the molecule is CCNC(Cc1ccccc1)C1CCC(C(C)C)CC1. The third-order valence-corrected chi connectivity index (χ3v) is 5.09. The molecule has 20 heavy (non-hydrogen) atoms. The van der Waals surface area contributed by atoms with Crippen molar-refractivity contribution in [2.75, 3.05) is 6.54 Å². The second kappa shape index (κ2) is 7.83. The van der Waals surface area contributed by atoms with E-state index >= 15 is 0 Å². The van der Waals surface area contributed by atoms with Gasteiger partial charge >= 0.3 is 0 Å². The number of hydrogen-bond donors (Lipinski definition) is 1. The molecule has 1 unspecified atom stereocenters. The molecule has 1 aromatic carbocycles. The smallest absolute Gasteiger partial charge is 0.0136 e. The first kappa shape index (κ1) is 15.6. The molecule has 1 N–H and O–H groups in total. The van der Waals surface area contributed by atoms with Crippen LogP contribution in [-0.4, -0.2) is 12.6 Å². The average molecular weight is 273 g/mol. The predicted molar refractivity (Wildman–Crippen MR) is 87.9 cm³/mol. The zero-order chi connectivity index (χ0) is 14.4. The van der Waals surface area contributed by atoms with Crippen molar-refractivity contribution in [3.8, 4) is 0 Å². The van der Waals surface area contributed by atoms with Gasteiger partial charge in [-0.15, -0.1) is 0 Å². The molecule has 0 spiro atoms. The second-order valence-electron chi connectivity index (χ2n) is 6.77. The lowest BCUT2D eigenvalue weighted by molar-refractivity contribution is 0.188. The Balaban J connectivity index is 1.92. The minimum absolute atomic E-state index is 0.663. The summed E-state index contributed by atoms with van der Waals surface area (Å²) in [6, 6.07) is 11.6. The number of likely N-dealkylation sites (N-methyl/N-ethyl adjacent to an activating group) is 1. The van der Waals surface area contributed by atoms with Crippen molar-refractivity contribution in [1.82, 2.24) is 5.32 Å². The molecule has 112 valence electrons. The monoisotopic (exact) mass is 273 g/mol. The summed E-state index contributed by atoms with van der Waals surface area (Å²) in [6.07, 6.45) is 6.87. The van der Waals surface area contributed by atoms with Crippen LogP contribution in [0.4, 0.5) is 0 Å². The summed E-state index contributed by atoms with van der Waals surface area (Å²) in [4.78, 5) is 0. The van der Waals surface area contributed by atoms with E-state index in [1.807, 2.05) is 0 Å². The van der Waals surface area contributed by atoms with Gasteiger partial charge in [-0.05, 0) is 62.0 Å². The minimum Gasteiger partial charge on any atom is -0.314 e. The third-order valence-electron chi connectivity index (χ3n) is 5.09. The Morgan fingerprint density at radius 1 is 1.00 bits per heavy atom. The molecule has 0 saturated heterocycles. The molecule has 0 amide bonds. The van der Waals surface area contributed by atoms with Gasteiger partial charge in [-0.25, -0.2) is 0 Å². The molecule has 0 aliphatic heterocycles. The summed E-state index contributed by atoms with van der Waals surface area (Å²) >= 11 is 0. The van der Waals surface area contributed by atoms with Gasteiger partial charge in [0.1, 0.15) is 0 Å². The Kier molecular flexibility index (Phi) is 6.09. The van der Waals surface area contributed by atoms with Gasteiger partial charge in [0.2, 0.25) is 0 Å². The van der Waals surface area contributed by atoms with Crippen molar-refractivity contribution in [3.05, 3.63) is 35.9 Å². The summed E-state index contributed by atoms with van der Waals surface area (Å²) in [5.74, 6) is 2.69. The van der Waals surface area contributed by atoms with Crippen LogP contribution < -0.4 is 5.32 Å². The predicted octanol–water partition coefficient (Wildman–Crippen LogP) is 4.67.